The molecule has 34 heavy (non-hydrogen) atoms. The van der Waals surface area contributed by atoms with Crippen LogP contribution in [0.1, 0.15) is 46.5 Å². The standard InChI is InChI=1S/C28H22ClNO4/c1-27-17-8-4-6-10-19(17)28(2,20-11-7-5-9-18(20)27)23-22(27)24(31)30(25(23)32)15-12-13-21(29)16(14-15)26(33)34-3/h4-14,22-23H,1-3H3/t22-,23-,27?,28?/m1/s1. The van der Waals surface area contributed by atoms with Crippen molar-refractivity contribution >= 4 is 35.1 Å². The monoisotopic (exact) mass is 471 g/mol. The van der Waals surface area contributed by atoms with Crippen LogP contribution in [0.3, 0.4) is 0 Å². The summed E-state index contributed by atoms with van der Waals surface area (Å²) < 4.78 is 4.83. The molecule has 5 nitrogen and oxygen atoms in total. The van der Waals surface area contributed by atoms with Gasteiger partial charge in [-0.05, 0) is 40.5 Å². The summed E-state index contributed by atoms with van der Waals surface area (Å²) in [5, 5.41) is 0.200. The molecule has 7 rings (SSSR count). The summed E-state index contributed by atoms with van der Waals surface area (Å²) >= 11 is 6.20. The number of anilines is 1. The number of nitrogens with zero attached hydrogens (tertiary/aromatic N) is 1. The zero-order valence-corrected chi connectivity index (χ0v) is 19.7. The number of carbonyl (C=O) groups excluding carboxylic acids is 3. The predicted molar refractivity (Wildman–Crippen MR) is 128 cm³/mol. The number of esters is 1. The zero-order valence-electron chi connectivity index (χ0n) is 19.0. The van der Waals surface area contributed by atoms with Crippen LogP contribution in [0.2, 0.25) is 5.02 Å². The van der Waals surface area contributed by atoms with Crippen molar-refractivity contribution in [3.63, 3.8) is 0 Å². The molecular formula is C28H22ClNO4. The molecule has 0 aromatic heterocycles. The average Bonchev–Trinajstić information content (AvgIpc) is 3.13. The van der Waals surface area contributed by atoms with Gasteiger partial charge in [0, 0.05) is 10.8 Å². The molecule has 6 heteroatoms. The maximum absolute atomic E-state index is 14.1. The molecule has 3 aliphatic carbocycles. The van der Waals surface area contributed by atoms with E-state index in [1.54, 1.807) is 6.07 Å². The summed E-state index contributed by atoms with van der Waals surface area (Å²) in [6, 6.07) is 20.9. The first-order valence-electron chi connectivity index (χ1n) is 11.2. The Morgan fingerprint density at radius 2 is 1.26 bits per heavy atom. The van der Waals surface area contributed by atoms with Crippen molar-refractivity contribution in [3.8, 4) is 0 Å². The van der Waals surface area contributed by atoms with E-state index < -0.39 is 28.6 Å². The number of hydrogen-bond donors (Lipinski definition) is 0. The fraction of sp³-hybridized carbons (Fsp3) is 0.250. The van der Waals surface area contributed by atoms with Gasteiger partial charge in [0.2, 0.25) is 11.8 Å². The van der Waals surface area contributed by atoms with Gasteiger partial charge in [-0.2, -0.15) is 0 Å². The van der Waals surface area contributed by atoms with E-state index in [4.69, 9.17) is 16.3 Å². The third-order valence-corrected chi connectivity index (χ3v) is 8.59. The Labute approximate surface area is 202 Å². The normalized spacial score (nSPS) is 28.4. The molecule has 2 amide bonds. The quantitative estimate of drug-likeness (QED) is 0.395. The van der Waals surface area contributed by atoms with E-state index in [0.29, 0.717) is 5.69 Å². The van der Waals surface area contributed by atoms with Crippen LogP contribution in [-0.4, -0.2) is 24.9 Å². The van der Waals surface area contributed by atoms with Gasteiger partial charge in [0.25, 0.3) is 0 Å². The van der Waals surface area contributed by atoms with Crippen molar-refractivity contribution in [2.75, 3.05) is 12.0 Å². The van der Waals surface area contributed by atoms with Crippen LogP contribution >= 0.6 is 11.6 Å². The molecule has 0 saturated carbocycles. The van der Waals surface area contributed by atoms with Crippen molar-refractivity contribution in [1.29, 1.82) is 0 Å². The van der Waals surface area contributed by atoms with Crippen molar-refractivity contribution in [2.24, 2.45) is 11.8 Å². The van der Waals surface area contributed by atoms with Gasteiger partial charge in [-0.3, -0.25) is 9.59 Å². The first kappa shape index (κ1) is 21.1. The summed E-state index contributed by atoms with van der Waals surface area (Å²) in [7, 11) is 1.26. The summed E-state index contributed by atoms with van der Waals surface area (Å²) in [6.45, 7) is 4.16. The van der Waals surface area contributed by atoms with Crippen LogP contribution in [0.15, 0.2) is 66.7 Å². The Hall–Kier alpha value is -3.44. The molecule has 1 fully saturated rings. The lowest BCUT2D eigenvalue weighted by Gasteiger charge is -2.57. The van der Waals surface area contributed by atoms with Gasteiger partial charge < -0.3 is 4.74 Å². The van der Waals surface area contributed by atoms with E-state index in [9.17, 15) is 14.4 Å². The number of hydrogen-bond acceptors (Lipinski definition) is 4. The van der Waals surface area contributed by atoms with Crippen LogP contribution in [0.5, 0.6) is 0 Å². The Balaban J connectivity index is 1.59. The van der Waals surface area contributed by atoms with E-state index in [-0.39, 0.29) is 22.4 Å². The maximum Gasteiger partial charge on any atom is 0.339 e. The number of halogens is 1. The molecule has 3 aromatic carbocycles. The van der Waals surface area contributed by atoms with Gasteiger partial charge in [-0.15, -0.1) is 0 Å². The van der Waals surface area contributed by atoms with Crippen LogP contribution in [0.25, 0.3) is 0 Å². The highest BCUT2D eigenvalue weighted by molar-refractivity contribution is 6.34. The highest BCUT2D eigenvalue weighted by atomic mass is 35.5. The largest absolute Gasteiger partial charge is 0.465 e. The first-order valence-corrected chi connectivity index (χ1v) is 11.6. The number of carbonyl (C=O) groups is 3. The lowest BCUT2D eigenvalue weighted by molar-refractivity contribution is -0.124. The summed E-state index contributed by atoms with van der Waals surface area (Å²) in [5.41, 5.74) is 3.49. The Morgan fingerprint density at radius 3 is 1.68 bits per heavy atom. The molecule has 4 aliphatic rings. The molecule has 1 aliphatic heterocycles. The van der Waals surface area contributed by atoms with E-state index in [2.05, 4.69) is 38.1 Å². The number of ether oxygens (including phenoxy) is 1. The Morgan fingerprint density at radius 1 is 0.824 bits per heavy atom. The molecule has 170 valence electrons. The molecule has 3 aromatic rings. The third-order valence-electron chi connectivity index (χ3n) is 8.26. The second-order valence-corrected chi connectivity index (χ2v) is 10.0. The van der Waals surface area contributed by atoms with Crippen LogP contribution < -0.4 is 4.90 Å². The number of methoxy groups -OCH3 is 1. The average molecular weight is 472 g/mol. The van der Waals surface area contributed by atoms with E-state index in [1.807, 2.05) is 24.3 Å². The van der Waals surface area contributed by atoms with Gasteiger partial charge in [-0.25, -0.2) is 9.69 Å². The SMILES string of the molecule is COC(=O)c1cc(N2C(=O)[C@H]3[C@H](C2=O)C2(C)c4ccccc4C3(C)c3ccccc32)ccc1Cl. The molecule has 1 heterocycles. The summed E-state index contributed by atoms with van der Waals surface area (Å²) in [4.78, 5) is 41.7. The van der Waals surface area contributed by atoms with Crippen molar-refractivity contribution in [2.45, 2.75) is 24.7 Å². The number of benzene rings is 3. The smallest absolute Gasteiger partial charge is 0.339 e. The third kappa shape index (κ3) is 2.28. The van der Waals surface area contributed by atoms with Crippen molar-refractivity contribution < 1.29 is 19.1 Å². The highest BCUT2D eigenvalue weighted by Crippen LogP contribution is 2.66. The zero-order chi connectivity index (χ0) is 24.0. The fourth-order valence-electron chi connectivity index (χ4n) is 6.74. The second-order valence-electron chi connectivity index (χ2n) is 9.62. The van der Waals surface area contributed by atoms with Gasteiger partial charge in [0.15, 0.2) is 0 Å². The predicted octanol–water partition coefficient (Wildman–Crippen LogP) is 4.87. The van der Waals surface area contributed by atoms with Crippen LogP contribution in [-0.2, 0) is 25.2 Å². The minimum absolute atomic E-state index is 0.115. The topological polar surface area (TPSA) is 63.7 Å². The summed E-state index contributed by atoms with van der Waals surface area (Å²) in [6.07, 6.45) is 0. The van der Waals surface area contributed by atoms with Gasteiger partial charge in [0.05, 0.1) is 35.2 Å². The second kappa shape index (κ2) is 6.80. The fourth-order valence-corrected chi connectivity index (χ4v) is 6.94. The van der Waals surface area contributed by atoms with E-state index >= 15 is 0 Å². The number of rotatable bonds is 2. The van der Waals surface area contributed by atoms with Gasteiger partial charge in [-0.1, -0.05) is 74.0 Å². The molecule has 2 bridgehead atoms. The van der Waals surface area contributed by atoms with Crippen LogP contribution in [0.4, 0.5) is 5.69 Å². The minimum atomic E-state index is -0.658. The van der Waals surface area contributed by atoms with E-state index in [0.717, 1.165) is 22.3 Å². The molecular weight excluding hydrogens is 450 g/mol. The molecule has 0 unspecified atom stereocenters. The minimum Gasteiger partial charge on any atom is -0.465 e. The Kier molecular flexibility index (Phi) is 4.22. The first-order chi connectivity index (χ1) is 16.3. The number of amides is 2. The Bertz CT molecular complexity index is 1310. The summed E-state index contributed by atoms with van der Waals surface area (Å²) in [5.74, 6) is -2.27. The van der Waals surface area contributed by atoms with Gasteiger partial charge in [0.1, 0.15) is 0 Å². The lowest BCUT2D eigenvalue weighted by atomic mass is 9.42. The van der Waals surface area contributed by atoms with Crippen molar-refractivity contribution in [3.05, 3.63) is 99.6 Å². The highest BCUT2D eigenvalue weighted by Gasteiger charge is 2.70. The number of imide groups is 1. The van der Waals surface area contributed by atoms with E-state index in [1.165, 1.54) is 24.1 Å². The molecule has 0 spiro atoms. The van der Waals surface area contributed by atoms with Crippen LogP contribution in [0, 0.1) is 11.8 Å². The molecule has 0 N–H and O–H groups in total. The maximum atomic E-state index is 14.1. The van der Waals surface area contributed by atoms with Gasteiger partial charge >= 0.3 is 5.97 Å². The molecule has 2 atom stereocenters. The van der Waals surface area contributed by atoms with Crippen molar-refractivity contribution in [1.82, 2.24) is 0 Å². The molecule has 0 radical (unpaired) electrons. The lowest BCUT2D eigenvalue weighted by Crippen LogP contribution is -2.59. The molecule has 1 saturated heterocycles.